The molecule has 0 aliphatic heterocycles. The van der Waals surface area contributed by atoms with Crippen LogP contribution >= 0.6 is 7.37 Å². The van der Waals surface area contributed by atoms with Gasteiger partial charge in [-0.05, 0) is 19.2 Å². The number of hydrogen-bond acceptors (Lipinski definition) is 4. The molecule has 1 unspecified atom stereocenters. The Kier molecular flexibility index (Phi) is 13.9. The molecule has 0 saturated carbocycles. The molecule has 4 nitrogen and oxygen atoms in total. The molecule has 0 aromatic rings. The van der Waals surface area contributed by atoms with Gasteiger partial charge in [-0.15, -0.1) is 0 Å². The van der Waals surface area contributed by atoms with Crippen LogP contribution < -0.4 is 69.1 Å². The first kappa shape index (κ1) is 18.4. The Morgan fingerprint density at radius 1 is 1.45 bits per heavy atom. The molecule has 0 spiro atoms. The molecule has 0 aromatic heterocycles. The van der Waals surface area contributed by atoms with Crippen molar-refractivity contribution < 1.29 is 78.5 Å². The first-order valence-electron chi connectivity index (χ1n) is 2.39. The number of carboxylic acids is 1. The van der Waals surface area contributed by atoms with Gasteiger partial charge in [0.05, 0.1) is 0 Å². The Bertz CT molecular complexity index is 154. The SMILES string of the molecule is CP(=O)([O-])CCC(=O)[O-].[Na+].[Na+]. The Balaban J connectivity index is -0.000000320. The monoisotopic (exact) mass is 196 g/mol. The van der Waals surface area contributed by atoms with Gasteiger partial charge in [-0.1, -0.05) is 0 Å². The molecule has 0 aliphatic rings. The van der Waals surface area contributed by atoms with Gasteiger partial charge in [0.1, 0.15) is 0 Å². The Morgan fingerprint density at radius 3 is 1.91 bits per heavy atom. The van der Waals surface area contributed by atoms with Crippen molar-refractivity contribution in [2.24, 2.45) is 0 Å². The summed E-state index contributed by atoms with van der Waals surface area (Å²) in [6.07, 6.45) is -0.716. The molecule has 11 heavy (non-hydrogen) atoms. The van der Waals surface area contributed by atoms with Gasteiger partial charge in [0, 0.05) is 13.3 Å². The van der Waals surface area contributed by atoms with Crippen molar-refractivity contribution in [1.82, 2.24) is 0 Å². The van der Waals surface area contributed by atoms with E-state index < -0.39 is 19.8 Å². The van der Waals surface area contributed by atoms with E-state index in [-0.39, 0.29) is 65.3 Å². The summed E-state index contributed by atoms with van der Waals surface area (Å²) in [6, 6.07) is 0. The summed E-state index contributed by atoms with van der Waals surface area (Å²) in [4.78, 5) is 19.9. The number of hydrogen-bond donors (Lipinski definition) is 0. The fourth-order valence-electron chi connectivity index (χ4n) is 0.294. The van der Waals surface area contributed by atoms with Crippen molar-refractivity contribution in [2.75, 3.05) is 12.8 Å². The van der Waals surface area contributed by atoms with E-state index in [0.29, 0.717) is 0 Å². The topological polar surface area (TPSA) is 80.3 Å². The van der Waals surface area contributed by atoms with Gasteiger partial charge in [-0.2, -0.15) is 0 Å². The van der Waals surface area contributed by atoms with E-state index in [1.54, 1.807) is 0 Å². The third-order valence-electron chi connectivity index (χ3n) is 0.722. The summed E-state index contributed by atoms with van der Waals surface area (Å²) in [5.41, 5.74) is 0. The van der Waals surface area contributed by atoms with E-state index in [9.17, 15) is 19.4 Å². The van der Waals surface area contributed by atoms with E-state index in [2.05, 4.69) is 0 Å². The molecule has 0 aliphatic carbocycles. The fraction of sp³-hybridized carbons (Fsp3) is 0.750. The second kappa shape index (κ2) is 8.27. The van der Waals surface area contributed by atoms with Crippen molar-refractivity contribution in [2.45, 2.75) is 6.42 Å². The summed E-state index contributed by atoms with van der Waals surface area (Å²) in [5.74, 6) is -1.33. The standard InChI is InChI=1S/C4H9O4P.2Na/c1-9(7,8)3-2-4(5)6;;/h2-3H2,1H3,(H,5,6)(H,7,8);;/q;2*+1/p-2. The van der Waals surface area contributed by atoms with Crippen LogP contribution in [0.15, 0.2) is 0 Å². The Labute approximate surface area is 110 Å². The van der Waals surface area contributed by atoms with Crippen molar-refractivity contribution in [3.05, 3.63) is 0 Å². The summed E-state index contributed by atoms with van der Waals surface area (Å²) < 4.78 is 10.3. The molecule has 0 rings (SSSR count). The molecule has 1 atom stereocenters. The third-order valence-corrected chi connectivity index (χ3v) is 1.76. The molecule has 0 radical (unpaired) electrons. The molecule has 54 valence electrons. The van der Waals surface area contributed by atoms with Gasteiger partial charge >= 0.3 is 59.1 Å². The zero-order valence-electron chi connectivity index (χ0n) is 6.99. The number of rotatable bonds is 3. The van der Waals surface area contributed by atoms with Crippen LogP contribution in [-0.2, 0) is 9.36 Å². The summed E-state index contributed by atoms with van der Waals surface area (Å²) in [6.45, 7) is 1.01. The number of carbonyl (C=O) groups is 1. The van der Waals surface area contributed by atoms with Crippen LogP contribution in [0.1, 0.15) is 6.42 Å². The van der Waals surface area contributed by atoms with Gasteiger partial charge < -0.3 is 19.4 Å². The Hall–Kier alpha value is 1.66. The third kappa shape index (κ3) is 18.5. The summed E-state index contributed by atoms with van der Waals surface area (Å²) in [5, 5.41) is 9.67. The minimum atomic E-state index is -3.39. The molecule has 0 saturated heterocycles. The summed E-state index contributed by atoms with van der Waals surface area (Å²) in [7, 11) is -3.39. The number of aliphatic carboxylic acids is 1. The van der Waals surface area contributed by atoms with Gasteiger partial charge in [0.15, 0.2) is 0 Å². The van der Waals surface area contributed by atoms with E-state index in [0.717, 1.165) is 6.66 Å². The van der Waals surface area contributed by atoms with E-state index in [4.69, 9.17) is 0 Å². The van der Waals surface area contributed by atoms with Crippen molar-refractivity contribution in [3.8, 4) is 0 Å². The summed E-state index contributed by atoms with van der Waals surface area (Å²) >= 11 is 0. The van der Waals surface area contributed by atoms with Crippen LogP contribution in [0.25, 0.3) is 0 Å². The predicted molar refractivity (Wildman–Crippen MR) is 28.0 cm³/mol. The molecular weight excluding hydrogens is 189 g/mol. The van der Waals surface area contributed by atoms with Gasteiger partial charge in [0.25, 0.3) is 0 Å². The largest absolute Gasteiger partial charge is 1.00 e. The van der Waals surface area contributed by atoms with Crippen molar-refractivity contribution in [3.63, 3.8) is 0 Å². The molecule has 0 bridgehead atoms. The maximum absolute atomic E-state index is 10.3. The van der Waals surface area contributed by atoms with Gasteiger partial charge in [-0.25, -0.2) is 0 Å². The first-order chi connectivity index (χ1) is 3.92. The molecule has 0 heterocycles. The van der Waals surface area contributed by atoms with Crippen LogP contribution in [0, 0.1) is 0 Å². The molecule has 0 N–H and O–H groups in total. The van der Waals surface area contributed by atoms with Gasteiger partial charge in [-0.3, -0.25) is 0 Å². The van der Waals surface area contributed by atoms with Crippen molar-refractivity contribution >= 4 is 13.3 Å². The van der Waals surface area contributed by atoms with E-state index >= 15 is 0 Å². The fourth-order valence-corrected chi connectivity index (χ4v) is 0.883. The van der Waals surface area contributed by atoms with Crippen LogP contribution in [0.5, 0.6) is 0 Å². The maximum atomic E-state index is 10.3. The quantitative estimate of drug-likeness (QED) is 0.331. The zero-order valence-corrected chi connectivity index (χ0v) is 11.9. The number of carbonyl (C=O) groups excluding carboxylic acids is 1. The first-order valence-corrected chi connectivity index (χ1v) is 4.65. The zero-order chi connectivity index (χ0) is 7.49. The Morgan fingerprint density at radius 2 is 1.82 bits per heavy atom. The minimum Gasteiger partial charge on any atom is -0.799 e. The second-order valence-electron chi connectivity index (χ2n) is 1.86. The average molecular weight is 196 g/mol. The predicted octanol–water partition coefficient (Wildman–Crippen LogP) is -7.60. The van der Waals surface area contributed by atoms with Crippen molar-refractivity contribution in [1.29, 1.82) is 0 Å². The maximum Gasteiger partial charge on any atom is 1.00 e. The van der Waals surface area contributed by atoms with E-state index in [1.807, 2.05) is 0 Å². The normalized spacial score (nSPS) is 13.6. The van der Waals surface area contributed by atoms with Gasteiger partial charge in [0.2, 0.25) is 0 Å². The molecular formula is C4H7Na2O4P. The van der Waals surface area contributed by atoms with Crippen LogP contribution in [-0.4, -0.2) is 18.8 Å². The smallest absolute Gasteiger partial charge is 0.799 e. The molecule has 0 aromatic carbocycles. The van der Waals surface area contributed by atoms with Crippen LogP contribution in [0.2, 0.25) is 0 Å². The molecule has 7 heteroatoms. The molecule has 0 amide bonds. The number of carboxylic acid groups (broad SMARTS) is 1. The van der Waals surface area contributed by atoms with Crippen LogP contribution in [0.4, 0.5) is 0 Å². The second-order valence-corrected chi connectivity index (χ2v) is 4.34. The van der Waals surface area contributed by atoms with E-state index in [1.165, 1.54) is 0 Å². The minimum absolute atomic E-state index is 0. The molecule has 0 fully saturated rings. The van der Waals surface area contributed by atoms with Crippen LogP contribution in [0.3, 0.4) is 0 Å². The average Bonchev–Trinajstić information content (AvgIpc) is 1.59.